The van der Waals surface area contributed by atoms with E-state index in [0.717, 1.165) is 0 Å². The van der Waals surface area contributed by atoms with Crippen molar-refractivity contribution in [3.8, 4) is 5.75 Å². The highest BCUT2D eigenvalue weighted by Gasteiger charge is 2.16. The fourth-order valence-electron chi connectivity index (χ4n) is 2.60. The summed E-state index contributed by atoms with van der Waals surface area (Å²) in [5, 5.41) is 22.4. The number of aromatic nitrogens is 6. The smallest absolute Gasteiger partial charge is 0.357 e. The van der Waals surface area contributed by atoms with Crippen LogP contribution < -0.4 is 15.4 Å². The number of carboxylic acid groups (broad SMARTS) is 1. The highest BCUT2D eigenvalue weighted by molar-refractivity contribution is 6.03. The first-order valence-corrected chi connectivity index (χ1v) is 8.05. The van der Waals surface area contributed by atoms with E-state index in [-0.39, 0.29) is 5.69 Å². The number of hydrogen-bond donors (Lipinski definition) is 4. The molecule has 11 heteroatoms. The number of ether oxygens (including phenoxy) is 1. The van der Waals surface area contributed by atoms with E-state index in [1.54, 1.807) is 30.5 Å². The Kier molecular flexibility index (Phi) is 4.38. The van der Waals surface area contributed by atoms with Crippen molar-refractivity contribution < 1.29 is 14.6 Å². The van der Waals surface area contributed by atoms with Crippen LogP contribution in [0.15, 0.2) is 43.1 Å². The van der Waals surface area contributed by atoms with E-state index in [1.807, 2.05) is 0 Å². The second kappa shape index (κ2) is 7.15. The molecule has 3 heterocycles. The lowest BCUT2D eigenvalue weighted by Gasteiger charge is -2.12. The fraction of sp³-hybridized carbons (Fsp3) is 0.0588. The predicted molar refractivity (Wildman–Crippen MR) is 100 cm³/mol. The van der Waals surface area contributed by atoms with Crippen LogP contribution >= 0.6 is 0 Å². The van der Waals surface area contributed by atoms with Crippen LogP contribution in [0.3, 0.4) is 0 Å². The van der Waals surface area contributed by atoms with Crippen molar-refractivity contribution in [2.75, 3.05) is 17.7 Å². The van der Waals surface area contributed by atoms with Gasteiger partial charge in [0.2, 0.25) is 0 Å². The summed E-state index contributed by atoms with van der Waals surface area (Å²) in [6, 6.07) is 6.69. The molecule has 0 aliphatic heterocycles. The number of fused-ring (bicyclic) bond motifs is 1. The van der Waals surface area contributed by atoms with Crippen molar-refractivity contribution in [1.82, 2.24) is 30.1 Å². The third kappa shape index (κ3) is 3.35. The minimum Gasteiger partial charge on any atom is -0.494 e. The number of nitrogens with zero attached hydrogens (tertiary/aromatic N) is 5. The van der Waals surface area contributed by atoms with Crippen LogP contribution in [0.1, 0.15) is 10.5 Å². The van der Waals surface area contributed by atoms with Gasteiger partial charge in [0.15, 0.2) is 5.69 Å². The minimum absolute atomic E-state index is 0.0745. The number of H-pyrrole nitrogens is 1. The van der Waals surface area contributed by atoms with Crippen LogP contribution in [0.2, 0.25) is 0 Å². The highest BCUT2D eigenvalue weighted by Crippen LogP contribution is 2.33. The van der Waals surface area contributed by atoms with Gasteiger partial charge in [-0.2, -0.15) is 5.10 Å². The topological polar surface area (TPSA) is 151 Å². The van der Waals surface area contributed by atoms with E-state index in [1.165, 1.54) is 19.8 Å². The van der Waals surface area contributed by atoms with E-state index in [9.17, 15) is 9.90 Å². The van der Waals surface area contributed by atoms with Crippen molar-refractivity contribution in [2.45, 2.75) is 0 Å². The molecular weight excluding hydrogens is 364 g/mol. The molecule has 0 saturated carbocycles. The van der Waals surface area contributed by atoms with Crippen LogP contribution in [0.5, 0.6) is 5.75 Å². The Morgan fingerprint density at radius 1 is 1.07 bits per heavy atom. The standard InChI is InChI=1S/C17H14N8O3/c1-28-12-5-10-9(16(17(26)27)25-24-10)4-11(12)22-14-6-15(21-8-20-14)23-13-2-3-18-7-19-13/h2-8H,1H3,(H,24,25)(H,26,27)(H2,18,19,20,21,22,23). The fourth-order valence-corrected chi connectivity index (χ4v) is 2.60. The number of nitrogens with one attached hydrogen (secondary N) is 3. The van der Waals surface area contributed by atoms with E-state index in [0.29, 0.717) is 39.8 Å². The maximum atomic E-state index is 11.3. The minimum atomic E-state index is -1.12. The average Bonchev–Trinajstić information content (AvgIpc) is 3.11. The highest BCUT2D eigenvalue weighted by atomic mass is 16.5. The lowest BCUT2D eigenvalue weighted by molar-refractivity contribution is 0.0692. The molecule has 0 saturated heterocycles. The molecule has 1 aromatic carbocycles. The Labute approximate surface area is 157 Å². The first-order chi connectivity index (χ1) is 13.6. The van der Waals surface area contributed by atoms with Crippen molar-refractivity contribution in [3.63, 3.8) is 0 Å². The van der Waals surface area contributed by atoms with Gasteiger partial charge in [-0.25, -0.2) is 24.7 Å². The van der Waals surface area contributed by atoms with Gasteiger partial charge in [-0.1, -0.05) is 0 Å². The van der Waals surface area contributed by atoms with Gasteiger partial charge in [0.1, 0.15) is 35.9 Å². The summed E-state index contributed by atoms with van der Waals surface area (Å²) in [7, 11) is 1.52. The number of carbonyl (C=O) groups is 1. The number of anilines is 4. The third-order valence-corrected chi connectivity index (χ3v) is 3.85. The Morgan fingerprint density at radius 2 is 1.86 bits per heavy atom. The first-order valence-electron chi connectivity index (χ1n) is 8.05. The molecule has 0 bridgehead atoms. The predicted octanol–water partition coefficient (Wildman–Crippen LogP) is 2.34. The molecule has 4 N–H and O–H groups in total. The summed E-state index contributed by atoms with van der Waals surface area (Å²) >= 11 is 0. The molecule has 11 nitrogen and oxygen atoms in total. The van der Waals surface area contributed by atoms with E-state index < -0.39 is 5.97 Å². The van der Waals surface area contributed by atoms with Gasteiger partial charge in [0.05, 0.1) is 18.3 Å². The maximum absolute atomic E-state index is 11.3. The third-order valence-electron chi connectivity index (χ3n) is 3.85. The van der Waals surface area contributed by atoms with Gasteiger partial charge in [-0.3, -0.25) is 5.10 Å². The summed E-state index contributed by atoms with van der Waals surface area (Å²) in [5.41, 5.74) is 1.01. The maximum Gasteiger partial charge on any atom is 0.357 e. The normalized spacial score (nSPS) is 10.6. The molecule has 3 aromatic heterocycles. The van der Waals surface area contributed by atoms with Crippen LogP contribution in [-0.2, 0) is 0 Å². The van der Waals surface area contributed by atoms with Gasteiger partial charge in [-0.05, 0) is 12.1 Å². The molecule has 0 amide bonds. The number of benzene rings is 1. The number of carboxylic acids is 1. The van der Waals surface area contributed by atoms with Gasteiger partial charge >= 0.3 is 5.97 Å². The molecule has 0 fully saturated rings. The van der Waals surface area contributed by atoms with Crippen molar-refractivity contribution in [3.05, 3.63) is 48.8 Å². The van der Waals surface area contributed by atoms with E-state index >= 15 is 0 Å². The zero-order valence-electron chi connectivity index (χ0n) is 14.5. The molecule has 0 aliphatic rings. The monoisotopic (exact) mass is 378 g/mol. The summed E-state index contributed by atoms with van der Waals surface area (Å²) in [4.78, 5) is 27.6. The number of aromatic amines is 1. The van der Waals surface area contributed by atoms with Crippen LogP contribution in [0, 0.1) is 0 Å². The average molecular weight is 378 g/mol. The molecule has 4 rings (SSSR count). The van der Waals surface area contributed by atoms with Crippen molar-refractivity contribution in [1.29, 1.82) is 0 Å². The number of rotatable bonds is 6. The Morgan fingerprint density at radius 3 is 2.57 bits per heavy atom. The lowest BCUT2D eigenvalue weighted by Crippen LogP contribution is -2.01. The van der Waals surface area contributed by atoms with Crippen LogP contribution in [-0.4, -0.2) is 48.3 Å². The van der Waals surface area contributed by atoms with Crippen molar-refractivity contribution in [2.24, 2.45) is 0 Å². The second-order valence-electron chi connectivity index (χ2n) is 5.61. The summed E-state index contributed by atoms with van der Waals surface area (Å²) in [6.45, 7) is 0. The summed E-state index contributed by atoms with van der Waals surface area (Å²) < 4.78 is 5.39. The molecule has 0 atom stereocenters. The van der Waals surface area contributed by atoms with Gasteiger partial charge in [0, 0.05) is 23.7 Å². The number of aromatic carboxylic acids is 1. The summed E-state index contributed by atoms with van der Waals surface area (Å²) in [5.74, 6) is 0.955. The Hall–Kier alpha value is -4.28. The molecule has 0 aliphatic carbocycles. The molecule has 0 spiro atoms. The van der Waals surface area contributed by atoms with Gasteiger partial charge < -0.3 is 20.5 Å². The molecule has 0 radical (unpaired) electrons. The van der Waals surface area contributed by atoms with Crippen molar-refractivity contribution >= 4 is 40.0 Å². The van der Waals surface area contributed by atoms with Gasteiger partial charge in [0.25, 0.3) is 0 Å². The molecule has 28 heavy (non-hydrogen) atoms. The molecule has 0 unspecified atom stereocenters. The zero-order valence-corrected chi connectivity index (χ0v) is 14.5. The van der Waals surface area contributed by atoms with E-state index in [2.05, 4.69) is 40.8 Å². The molecule has 140 valence electrons. The van der Waals surface area contributed by atoms with E-state index in [4.69, 9.17) is 4.74 Å². The largest absolute Gasteiger partial charge is 0.494 e. The summed E-state index contributed by atoms with van der Waals surface area (Å²) in [6.07, 6.45) is 4.42. The number of hydrogen-bond acceptors (Lipinski definition) is 9. The Balaban J connectivity index is 1.66. The lowest BCUT2D eigenvalue weighted by atomic mass is 10.1. The SMILES string of the molecule is COc1cc2[nH]nc(C(=O)O)c2cc1Nc1cc(Nc2ccncn2)ncn1. The Bertz CT molecular complexity index is 1150. The number of methoxy groups -OCH3 is 1. The molecule has 4 aromatic rings. The van der Waals surface area contributed by atoms with Gasteiger partial charge in [-0.15, -0.1) is 0 Å². The van der Waals surface area contributed by atoms with Crippen LogP contribution in [0.25, 0.3) is 10.9 Å². The molecular formula is C17H14N8O3. The van der Waals surface area contributed by atoms with Crippen LogP contribution in [0.4, 0.5) is 23.1 Å². The zero-order chi connectivity index (χ0) is 19.5. The second-order valence-corrected chi connectivity index (χ2v) is 5.61. The first kappa shape index (κ1) is 17.1. The quantitative estimate of drug-likeness (QED) is 0.393.